The number of Topliss-reactive ketones (excluding diaryl/α,β-unsaturated/α-hetero) is 1. The third kappa shape index (κ3) is 2.06. The predicted octanol–water partition coefficient (Wildman–Crippen LogP) is 2.77. The Labute approximate surface area is 106 Å². The Morgan fingerprint density at radius 1 is 1.47 bits per heavy atom. The molecule has 2 fully saturated rings. The molecular formula is C13H18N2OS. The van der Waals surface area contributed by atoms with Crippen molar-refractivity contribution in [1.82, 2.24) is 0 Å². The number of nitrogen functional groups attached to an aromatic ring is 1. The minimum atomic E-state index is 0.265. The molecular weight excluding hydrogens is 232 g/mol. The van der Waals surface area contributed by atoms with Gasteiger partial charge in [-0.15, -0.1) is 11.3 Å². The van der Waals surface area contributed by atoms with Gasteiger partial charge in [-0.2, -0.15) is 0 Å². The molecule has 2 heterocycles. The van der Waals surface area contributed by atoms with Crippen molar-refractivity contribution < 1.29 is 4.79 Å². The highest BCUT2D eigenvalue weighted by molar-refractivity contribution is 7.18. The van der Waals surface area contributed by atoms with Gasteiger partial charge in [0.25, 0.3) is 0 Å². The lowest BCUT2D eigenvalue weighted by atomic mass is 10.2. The lowest BCUT2D eigenvalue weighted by molar-refractivity contribution is 0.0972. The summed E-state index contributed by atoms with van der Waals surface area (Å²) >= 11 is 1.59. The molecule has 1 atom stereocenters. The third-order valence-electron chi connectivity index (χ3n) is 3.66. The van der Waals surface area contributed by atoms with E-state index in [4.69, 9.17) is 5.73 Å². The van der Waals surface area contributed by atoms with E-state index in [9.17, 15) is 4.79 Å². The van der Waals surface area contributed by atoms with Crippen LogP contribution in [0.1, 0.15) is 35.9 Å². The topological polar surface area (TPSA) is 46.3 Å². The molecule has 1 aliphatic heterocycles. The Morgan fingerprint density at radius 3 is 2.82 bits per heavy atom. The number of rotatable bonds is 3. The van der Waals surface area contributed by atoms with E-state index in [1.54, 1.807) is 11.3 Å². The fourth-order valence-electron chi connectivity index (χ4n) is 2.41. The maximum absolute atomic E-state index is 12.0. The summed E-state index contributed by atoms with van der Waals surface area (Å²) in [4.78, 5) is 15.2. The molecule has 1 aromatic rings. The van der Waals surface area contributed by atoms with Gasteiger partial charge in [0.2, 0.25) is 0 Å². The molecule has 0 spiro atoms. The summed E-state index contributed by atoms with van der Waals surface area (Å²) < 4.78 is 0. The minimum Gasteiger partial charge on any atom is -0.397 e. The number of thiophene rings is 1. The molecule has 0 aromatic carbocycles. The number of hydrogen-bond acceptors (Lipinski definition) is 4. The summed E-state index contributed by atoms with van der Waals surface area (Å²) in [6.45, 7) is 4.46. The molecule has 4 heteroatoms. The number of hydrogen-bond donors (Lipinski definition) is 1. The van der Waals surface area contributed by atoms with Gasteiger partial charge in [0.05, 0.1) is 15.6 Å². The van der Waals surface area contributed by atoms with Crippen LogP contribution in [0.4, 0.5) is 10.7 Å². The van der Waals surface area contributed by atoms with E-state index in [1.165, 1.54) is 11.4 Å². The molecule has 1 aromatic heterocycles. The van der Waals surface area contributed by atoms with Gasteiger partial charge in [-0.1, -0.05) is 6.92 Å². The van der Waals surface area contributed by atoms with E-state index in [-0.39, 0.29) is 11.7 Å². The first kappa shape index (κ1) is 11.1. The fourth-order valence-corrected chi connectivity index (χ4v) is 3.54. The first-order chi connectivity index (χ1) is 8.15. The minimum absolute atomic E-state index is 0.265. The van der Waals surface area contributed by atoms with Crippen LogP contribution in [0.15, 0.2) is 6.07 Å². The van der Waals surface area contributed by atoms with E-state index < -0.39 is 0 Å². The lowest BCUT2D eigenvalue weighted by Gasteiger charge is -2.14. The lowest BCUT2D eigenvalue weighted by Crippen LogP contribution is -2.17. The van der Waals surface area contributed by atoms with E-state index in [0.29, 0.717) is 5.69 Å². The Morgan fingerprint density at radius 2 is 2.24 bits per heavy atom. The molecule has 17 heavy (non-hydrogen) atoms. The highest BCUT2D eigenvalue weighted by Crippen LogP contribution is 2.40. The summed E-state index contributed by atoms with van der Waals surface area (Å²) in [6.07, 6.45) is 3.34. The van der Waals surface area contributed by atoms with Gasteiger partial charge in [0.15, 0.2) is 5.78 Å². The van der Waals surface area contributed by atoms with Crippen LogP contribution >= 0.6 is 11.3 Å². The second kappa shape index (κ2) is 4.02. The maximum Gasteiger partial charge on any atom is 0.178 e. The monoisotopic (exact) mass is 250 g/mol. The molecule has 3 nitrogen and oxygen atoms in total. The van der Waals surface area contributed by atoms with Crippen molar-refractivity contribution >= 4 is 27.8 Å². The largest absolute Gasteiger partial charge is 0.397 e. The molecule has 0 bridgehead atoms. The molecule has 1 saturated heterocycles. The number of carbonyl (C=O) groups is 1. The van der Waals surface area contributed by atoms with Gasteiger partial charge in [0.1, 0.15) is 0 Å². The first-order valence-electron chi connectivity index (χ1n) is 6.33. The zero-order chi connectivity index (χ0) is 12.0. The zero-order valence-corrected chi connectivity index (χ0v) is 10.9. The van der Waals surface area contributed by atoms with E-state index in [1.807, 2.05) is 6.07 Å². The van der Waals surface area contributed by atoms with Crippen molar-refractivity contribution in [2.24, 2.45) is 11.8 Å². The number of carbonyl (C=O) groups excluding carboxylic acids is 1. The van der Waals surface area contributed by atoms with Gasteiger partial charge >= 0.3 is 0 Å². The van der Waals surface area contributed by atoms with Crippen LogP contribution in [-0.2, 0) is 0 Å². The van der Waals surface area contributed by atoms with Crippen LogP contribution in [0, 0.1) is 11.8 Å². The van der Waals surface area contributed by atoms with Crippen LogP contribution in [-0.4, -0.2) is 18.9 Å². The number of anilines is 2. The molecule has 1 saturated carbocycles. The van der Waals surface area contributed by atoms with Crippen LogP contribution in [0.3, 0.4) is 0 Å². The van der Waals surface area contributed by atoms with Crippen LogP contribution in [0.2, 0.25) is 0 Å². The van der Waals surface area contributed by atoms with E-state index in [0.717, 1.165) is 36.7 Å². The summed E-state index contributed by atoms with van der Waals surface area (Å²) in [5.41, 5.74) is 6.65. The molecule has 92 valence electrons. The smallest absolute Gasteiger partial charge is 0.178 e. The second-order valence-corrected chi connectivity index (χ2v) is 6.38. The fraction of sp³-hybridized carbons (Fsp3) is 0.615. The van der Waals surface area contributed by atoms with E-state index in [2.05, 4.69) is 11.8 Å². The molecule has 0 amide bonds. The number of nitrogens with two attached hydrogens (primary N) is 1. The van der Waals surface area contributed by atoms with Gasteiger partial charge in [-0.3, -0.25) is 4.79 Å². The van der Waals surface area contributed by atoms with Crippen molar-refractivity contribution in [2.75, 3.05) is 23.7 Å². The predicted molar refractivity (Wildman–Crippen MR) is 71.8 cm³/mol. The normalized spacial score (nSPS) is 24.3. The Balaban J connectivity index is 1.82. The highest BCUT2D eigenvalue weighted by atomic mass is 32.1. The van der Waals surface area contributed by atoms with Gasteiger partial charge < -0.3 is 10.6 Å². The van der Waals surface area contributed by atoms with Crippen molar-refractivity contribution in [3.05, 3.63) is 10.9 Å². The summed E-state index contributed by atoms with van der Waals surface area (Å²) in [5.74, 6) is 1.29. The standard InChI is InChI=1S/C13H18N2OS/c1-8-4-5-15(7-8)11-6-10(14)13(17-11)12(16)9-2-3-9/h6,8-9H,2-5,7,14H2,1H3. The SMILES string of the molecule is CC1CCN(c2cc(N)c(C(=O)C3CC3)s2)C1. The van der Waals surface area contributed by atoms with Crippen LogP contribution in [0.25, 0.3) is 0 Å². The van der Waals surface area contributed by atoms with Crippen LogP contribution in [0.5, 0.6) is 0 Å². The third-order valence-corrected chi connectivity index (χ3v) is 4.88. The van der Waals surface area contributed by atoms with Crippen LogP contribution < -0.4 is 10.6 Å². The quantitative estimate of drug-likeness (QED) is 0.839. The molecule has 2 aliphatic rings. The van der Waals surface area contributed by atoms with Crippen molar-refractivity contribution in [2.45, 2.75) is 26.2 Å². The van der Waals surface area contributed by atoms with Gasteiger partial charge in [-0.25, -0.2) is 0 Å². The number of ketones is 1. The summed E-state index contributed by atoms with van der Waals surface area (Å²) in [6, 6.07) is 1.98. The molecule has 1 unspecified atom stereocenters. The Kier molecular flexibility index (Phi) is 2.62. The average molecular weight is 250 g/mol. The first-order valence-corrected chi connectivity index (χ1v) is 7.15. The Bertz CT molecular complexity index is 450. The second-order valence-electron chi connectivity index (χ2n) is 5.35. The van der Waals surface area contributed by atoms with Gasteiger partial charge in [-0.05, 0) is 31.2 Å². The molecule has 2 N–H and O–H groups in total. The van der Waals surface area contributed by atoms with Gasteiger partial charge in [0, 0.05) is 19.0 Å². The summed E-state index contributed by atoms with van der Waals surface area (Å²) in [5, 5.41) is 1.18. The highest BCUT2D eigenvalue weighted by Gasteiger charge is 2.33. The Hall–Kier alpha value is -1.03. The van der Waals surface area contributed by atoms with E-state index >= 15 is 0 Å². The zero-order valence-electron chi connectivity index (χ0n) is 10.1. The average Bonchev–Trinajstić information content (AvgIpc) is 2.95. The molecule has 0 radical (unpaired) electrons. The van der Waals surface area contributed by atoms with Crippen molar-refractivity contribution in [1.29, 1.82) is 0 Å². The molecule has 1 aliphatic carbocycles. The van der Waals surface area contributed by atoms with Crippen molar-refractivity contribution in [3.63, 3.8) is 0 Å². The number of nitrogens with zero attached hydrogens (tertiary/aromatic N) is 1. The summed E-state index contributed by atoms with van der Waals surface area (Å²) in [7, 11) is 0. The maximum atomic E-state index is 12.0. The van der Waals surface area contributed by atoms with Crippen molar-refractivity contribution in [3.8, 4) is 0 Å². The molecule has 3 rings (SSSR count).